The molecule has 0 bridgehead atoms. The van der Waals surface area contributed by atoms with Crippen LogP contribution in [0.1, 0.15) is 0 Å². The van der Waals surface area contributed by atoms with Crippen molar-refractivity contribution >= 4 is 54.3 Å². The number of nitrogens with zero attached hydrogens (tertiary/aromatic N) is 5. The summed E-state index contributed by atoms with van der Waals surface area (Å²) in [4.78, 5) is 20.6. The normalized spacial score (nSPS) is 11.6. The van der Waals surface area contributed by atoms with Crippen LogP contribution in [0, 0.1) is 0 Å². The van der Waals surface area contributed by atoms with Gasteiger partial charge in [0.15, 0.2) is 17.5 Å². The summed E-state index contributed by atoms with van der Waals surface area (Å²) in [6.45, 7) is 0. The zero-order valence-electron chi connectivity index (χ0n) is 32.9. The fraction of sp³-hybridized carbons (Fsp3) is 0. The molecule has 61 heavy (non-hydrogen) atoms. The predicted molar refractivity (Wildman–Crippen MR) is 252 cm³/mol. The number of hydrogen-bond donors (Lipinski definition) is 0. The van der Waals surface area contributed by atoms with Crippen molar-refractivity contribution in [3.8, 4) is 62.2 Å². The summed E-state index contributed by atoms with van der Waals surface area (Å²) < 4.78 is 2.38. The summed E-state index contributed by atoms with van der Waals surface area (Å²) in [7, 11) is 0. The molecule has 0 spiro atoms. The Bertz CT molecular complexity index is 3610. The molecule has 0 radical (unpaired) electrons. The van der Waals surface area contributed by atoms with Crippen LogP contribution in [0.25, 0.3) is 116 Å². The van der Waals surface area contributed by atoms with Gasteiger partial charge in [0.05, 0.1) is 22.2 Å². The Hall–Kier alpha value is -8.28. The Kier molecular flexibility index (Phi) is 8.10. The minimum Gasteiger partial charge on any atom is -0.308 e. The molecule has 5 nitrogen and oxygen atoms in total. The van der Waals surface area contributed by atoms with Gasteiger partial charge in [0.2, 0.25) is 0 Å². The second kappa shape index (κ2) is 14.2. The van der Waals surface area contributed by atoms with Crippen molar-refractivity contribution < 1.29 is 0 Å². The highest BCUT2D eigenvalue weighted by atomic mass is 15.0. The van der Waals surface area contributed by atoms with Crippen LogP contribution >= 0.6 is 0 Å². The van der Waals surface area contributed by atoms with E-state index in [0.29, 0.717) is 17.5 Å². The van der Waals surface area contributed by atoms with Crippen molar-refractivity contribution in [3.05, 3.63) is 212 Å². The highest BCUT2D eigenvalue weighted by molar-refractivity contribution is 6.22. The Balaban J connectivity index is 0.979. The summed E-state index contributed by atoms with van der Waals surface area (Å²) in [5.74, 6) is 1.85. The van der Waals surface area contributed by atoms with E-state index in [2.05, 4.69) is 187 Å². The van der Waals surface area contributed by atoms with E-state index in [-0.39, 0.29) is 0 Å². The van der Waals surface area contributed by atoms with Crippen molar-refractivity contribution in [3.63, 3.8) is 0 Å². The van der Waals surface area contributed by atoms with Gasteiger partial charge in [-0.3, -0.25) is 0 Å². The standard InChI is InChI=1S/C56H35N5/c1-3-15-38(16-4-1)54-58-55(39-31-27-36(28-32-39)48-35-41-17-7-8-20-43(41)44-21-9-10-22-45(44)48)60-56(59-54)40-33-29-37(30-34-40)52-51-47-24-12-14-26-50(47)61(42-18-5-2-6-19-42)53(51)46-23-11-13-25-49(46)57-52/h1-35H. The SMILES string of the molecule is c1ccc(-c2nc(-c3ccc(-c4cc5ccccc5c5ccccc45)cc3)nc(-c3ccc(-c4nc5ccccc5c5c4c4ccccc4n5-c4ccccc4)cc3)n2)cc1. The average molecular weight is 778 g/mol. The molecule has 0 aliphatic carbocycles. The lowest BCUT2D eigenvalue weighted by Crippen LogP contribution is -2.00. The molecule has 5 heteroatoms. The van der Waals surface area contributed by atoms with Crippen molar-refractivity contribution in [2.75, 3.05) is 0 Å². The third-order valence-corrected chi connectivity index (χ3v) is 11.8. The first-order valence-electron chi connectivity index (χ1n) is 20.6. The topological polar surface area (TPSA) is 56.5 Å². The maximum absolute atomic E-state index is 5.35. The number of para-hydroxylation sites is 3. The minimum atomic E-state index is 0.609. The lowest BCUT2D eigenvalue weighted by atomic mass is 9.93. The van der Waals surface area contributed by atoms with Crippen LogP contribution in [0.4, 0.5) is 0 Å². The second-order valence-corrected chi connectivity index (χ2v) is 15.4. The van der Waals surface area contributed by atoms with E-state index in [4.69, 9.17) is 19.9 Å². The van der Waals surface area contributed by atoms with Gasteiger partial charge in [-0.25, -0.2) is 19.9 Å². The molecule has 3 heterocycles. The Morgan fingerprint density at radius 3 is 1.51 bits per heavy atom. The molecule has 0 unspecified atom stereocenters. The smallest absolute Gasteiger partial charge is 0.164 e. The van der Waals surface area contributed by atoms with Gasteiger partial charge in [-0.2, -0.15) is 0 Å². The summed E-state index contributed by atoms with van der Waals surface area (Å²) in [5.41, 5.74) is 11.4. The van der Waals surface area contributed by atoms with E-state index in [9.17, 15) is 0 Å². The van der Waals surface area contributed by atoms with E-state index < -0.39 is 0 Å². The first kappa shape index (κ1) is 34.7. The maximum Gasteiger partial charge on any atom is 0.164 e. The minimum absolute atomic E-state index is 0.609. The molecule has 0 N–H and O–H groups in total. The molecule has 9 aromatic carbocycles. The fourth-order valence-electron chi connectivity index (χ4n) is 8.96. The van der Waals surface area contributed by atoms with E-state index in [1.165, 1.54) is 27.1 Å². The second-order valence-electron chi connectivity index (χ2n) is 15.4. The van der Waals surface area contributed by atoms with Crippen molar-refractivity contribution in [2.24, 2.45) is 0 Å². The third kappa shape index (κ3) is 5.86. The van der Waals surface area contributed by atoms with Crippen LogP contribution < -0.4 is 0 Å². The molecule has 0 saturated carbocycles. The van der Waals surface area contributed by atoms with E-state index in [1.54, 1.807) is 0 Å². The van der Waals surface area contributed by atoms with E-state index >= 15 is 0 Å². The summed E-state index contributed by atoms with van der Waals surface area (Å²) in [6.07, 6.45) is 0. The largest absolute Gasteiger partial charge is 0.308 e. The zero-order valence-corrected chi connectivity index (χ0v) is 32.9. The fourth-order valence-corrected chi connectivity index (χ4v) is 8.96. The van der Waals surface area contributed by atoms with Crippen LogP contribution in [0.15, 0.2) is 212 Å². The van der Waals surface area contributed by atoms with Gasteiger partial charge in [0, 0.05) is 44.1 Å². The molecular formula is C56H35N5. The molecule has 0 saturated heterocycles. The molecule has 0 atom stereocenters. The van der Waals surface area contributed by atoms with Gasteiger partial charge in [0.1, 0.15) is 0 Å². The lowest BCUT2D eigenvalue weighted by molar-refractivity contribution is 1.07. The van der Waals surface area contributed by atoms with Gasteiger partial charge in [-0.05, 0) is 63.0 Å². The molecule has 284 valence electrons. The number of fused-ring (bicyclic) bond motifs is 8. The summed E-state index contributed by atoms with van der Waals surface area (Å²) >= 11 is 0. The van der Waals surface area contributed by atoms with Crippen molar-refractivity contribution in [1.82, 2.24) is 24.5 Å². The first-order chi connectivity index (χ1) is 30.2. The predicted octanol–water partition coefficient (Wildman–Crippen LogP) is 14.2. The van der Waals surface area contributed by atoms with E-state index in [1.807, 2.05) is 30.3 Å². The van der Waals surface area contributed by atoms with Crippen LogP contribution in [-0.4, -0.2) is 24.5 Å². The van der Waals surface area contributed by atoms with Gasteiger partial charge in [-0.1, -0.05) is 182 Å². The highest BCUT2D eigenvalue weighted by Crippen LogP contribution is 2.42. The molecule has 0 amide bonds. The third-order valence-electron chi connectivity index (χ3n) is 11.8. The van der Waals surface area contributed by atoms with Crippen LogP contribution in [0.5, 0.6) is 0 Å². The van der Waals surface area contributed by atoms with E-state index in [0.717, 1.165) is 71.9 Å². The first-order valence-corrected chi connectivity index (χ1v) is 20.6. The zero-order chi connectivity index (χ0) is 40.3. The molecular weight excluding hydrogens is 743 g/mol. The van der Waals surface area contributed by atoms with Crippen molar-refractivity contribution in [2.45, 2.75) is 0 Å². The quantitative estimate of drug-likeness (QED) is 0.158. The molecule has 3 aromatic heterocycles. The number of aromatic nitrogens is 5. The Morgan fingerprint density at radius 1 is 0.328 bits per heavy atom. The Labute approximate surface area is 351 Å². The summed E-state index contributed by atoms with van der Waals surface area (Å²) in [5, 5.41) is 8.36. The average Bonchev–Trinajstić information content (AvgIpc) is 3.70. The highest BCUT2D eigenvalue weighted by Gasteiger charge is 2.21. The van der Waals surface area contributed by atoms with Crippen molar-refractivity contribution in [1.29, 1.82) is 0 Å². The number of hydrogen-bond acceptors (Lipinski definition) is 4. The molecule has 0 aliphatic heterocycles. The van der Waals surface area contributed by atoms with Crippen LogP contribution in [0.2, 0.25) is 0 Å². The monoisotopic (exact) mass is 777 g/mol. The molecule has 12 aromatic rings. The molecule has 0 fully saturated rings. The van der Waals surface area contributed by atoms with Gasteiger partial charge in [-0.15, -0.1) is 0 Å². The maximum atomic E-state index is 5.35. The van der Waals surface area contributed by atoms with Gasteiger partial charge >= 0.3 is 0 Å². The number of benzene rings is 9. The van der Waals surface area contributed by atoms with Gasteiger partial charge in [0.25, 0.3) is 0 Å². The lowest BCUT2D eigenvalue weighted by Gasteiger charge is -2.13. The Morgan fingerprint density at radius 2 is 0.820 bits per heavy atom. The van der Waals surface area contributed by atoms with Gasteiger partial charge < -0.3 is 4.57 Å². The molecule has 12 rings (SSSR count). The number of rotatable bonds is 6. The summed E-state index contributed by atoms with van der Waals surface area (Å²) in [6, 6.07) is 74.4. The molecule has 0 aliphatic rings. The van der Waals surface area contributed by atoms with Crippen LogP contribution in [-0.2, 0) is 0 Å². The number of pyridine rings is 1. The van der Waals surface area contributed by atoms with Crippen LogP contribution in [0.3, 0.4) is 0 Å².